The minimum atomic E-state index is 0.553. The molecule has 0 aromatic heterocycles. The summed E-state index contributed by atoms with van der Waals surface area (Å²) in [5.74, 6) is 1.86. The standard InChI is InChI=1S/C15H27NO/c1-2-11-4-3-5-13(10-11)16-14-8-9-17-15(14)12-6-7-12/h11-16H,2-10H2,1H3. The molecule has 4 atom stereocenters. The molecule has 2 aliphatic carbocycles. The molecule has 2 saturated carbocycles. The van der Waals surface area contributed by atoms with Crippen LogP contribution in [-0.4, -0.2) is 24.8 Å². The maximum atomic E-state index is 5.92. The number of hydrogen-bond donors (Lipinski definition) is 1. The van der Waals surface area contributed by atoms with Crippen molar-refractivity contribution in [1.29, 1.82) is 0 Å². The lowest BCUT2D eigenvalue weighted by atomic mass is 9.83. The molecule has 17 heavy (non-hydrogen) atoms. The second kappa shape index (κ2) is 5.27. The summed E-state index contributed by atoms with van der Waals surface area (Å²) < 4.78 is 5.92. The third-order valence-electron chi connectivity index (χ3n) is 5.03. The molecular formula is C15H27NO. The van der Waals surface area contributed by atoms with E-state index in [9.17, 15) is 0 Å². The Morgan fingerprint density at radius 3 is 2.76 bits per heavy atom. The first-order valence-electron chi connectivity index (χ1n) is 7.74. The molecule has 1 heterocycles. The van der Waals surface area contributed by atoms with Gasteiger partial charge in [0.15, 0.2) is 0 Å². The lowest BCUT2D eigenvalue weighted by molar-refractivity contribution is 0.0764. The largest absolute Gasteiger partial charge is 0.376 e. The van der Waals surface area contributed by atoms with E-state index >= 15 is 0 Å². The van der Waals surface area contributed by atoms with Crippen molar-refractivity contribution in [1.82, 2.24) is 5.32 Å². The topological polar surface area (TPSA) is 21.3 Å². The zero-order valence-corrected chi connectivity index (χ0v) is 11.2. The van der Waals surface area contributed by atoms with Crippen molar-refractivity contribution < 1.29 is 4.74 Å². The van der Waals surface area contributed by atoms with E-state index < -0.39 is 0 Å². The van der Waals surface area contributed by atoms with Gasteiger partial charge in [-0.05, 0) is 43.9 Å². The van der Waals surface area contributed by atoms with E-state index in [-0.39, 0.29) is 0 Å². The highest BCUT2D eigenvalue weighted by atomic mass is 16.5. The van der Waals surface area contributed by atoms with Crippen LogP contribution in [0.4, 0.5) is 0 Å². The molecule has 1 N–H and O–H groups in total. The van der Waals surface area contributed by atoms with Gasteiger partial charge in [-0.2, -0.15) is 0 Å². The van der Waals surface area contributed by atoms with Crippen molar-refractivity contribution in [2.75, 3.05) is 6.61 Å². The van der Waals surface area contributed by atoms with Gasteiger partial charge in [0, 0.05) is 18.7 Å². The monoisotopic (exact) mass is 237 g/mol. The van der Waals surface area contributed by atoms with E-state index in [1.54, 1.807) is 0 Å². The average Bonchev–Trinajstić information content (AvgIpc) is 3.11. The molecule has 0 radical (unpaired) electrons. The predicted molar refractivity (Wildman–Crippen MR) is 70.0 cm³/mol. The van der Waals surface area contributed by atoms with E-state index in [2.05, 4.69) is 12.2 Å². The molecule has 3 fully saturated rings. The summed E-state index contributed by atoms with van der Waals surface area (Å²) in [5.41, 5.74) is 0. The smallest absolute Gasteiger partial charge is 0.0757 e. The summed E-state index contributed by atoms with van der Waals surface area (Å²) in [4.78, 5) is 0. The fourth-order valence-electron chi connectivity index (χ4n) is 3.79. The normalized spacial score (nSPS) is 42.9. The lowest BCUT2D eigenvalue weighted by Gasteiger charge is -2.32. The quantitative estimate of drug-likeness (QED) is 0.811. The van der Waals surface area contributed by atoms with E-state index in [4.69, 9.17) is 4.74 Å². The Balaban J connectivity index is 1.51. The Morgan fingerprint density at radius 2 is 2.00 bits per heavy atom. The van der Waals surface area contributed by atoms with Crippen molar-refractivity contribution in [3.05, 3.63) is 0 Å². The summed E-state index contributed by atoms with van der Waals surface area (Å²) in [6, 6.07) is 1.45. The van der Waals surface area contributed by atoms with E-state index in [0.717, 1.165) is 24.5 Å². The van der Waals surface area contributed by atoms with Gasteiger partial charge in [-0.1, -0.05) is 26.2 Å². The van der Waals surface area contributed by atoms with Gasteiger partial charge in [0.1, 0.15) is 0 Å². The van der Waals surface area contributed by atoms with Crippen LogP contribution in [0.3, 0.4) is 0 Å². The molecule has 1 aliphatic heterocycles. The molecule has 2 heteroatoms. The first-order chi connectivity index (χ1) is 8.36. The Kier molecular flexibility index (Phi) is 3.72. The summed E-state index contributed by atoms with van der Waals surface area (Å²) >= 11 is 0. The van der Waals surface area contributed by atoms with Gasteiger partial charge in [0.2, 0.25) is 0 Å². The van der Waals surface area contributed by atoms with Gasteiger partial charge in [0.05, 0.1) is 6.10 Å². The first kappa shape index (κ1) is 12.0. The van der Waals surface area contributed by atoms with Crippen LogP contribution in [0, 0.1) is 11.8 Å². The summed E-state index contributed by atoms with van der Waals surface area (Å²) in [6.45, 7) is 3.33. The summed E-state index contributed by atoms with van der Waals surface area (Å²) in [6.07, 6.45) is 11.7. The number of hydrogen-bond acceptors (Lipinski definition) is 2. The van der Waals surface area contributed by atoms with Gasteiger partial charge in [0.25, 0.3) is 0 Å². The number of nitrogens with one attached hydrogen (secondary N) is 1. The SMILES string of the molecule is CCC1CCCC(NC2CCOC2C2CC2)C1. The Labute approximate surface area is 105 Å². The molecule has 2 nitrogen and oxygen atoms in total. The van der Waals surface area contributed by atoms with Crippen molar-refractivity contribution in [3.63, 3.8) is 0 Å². The molecular weight excluding hydrogens is 210 g/mol. The molecule has 98 valence electrons. The van der Waals surface area contributed by atoms with Crippen LogP contribution in [-0.2, 0) is 4.74 Å². The van der Waals surface area contributed by atoms with E-state index in [1.807, 2.05) is 0 Å². The van der Waals surface area contributed by atoms with Crippen LogP contribution >= 0.6 is 0 Å². The molecule has 1 saturated heterocycles. The number of ether oxygens (including phenoxy) is 1. The zero-order chi connectivity index (χ0) is 11.7. The minimum absolute atomic E-state index is 0.553. The molecule has 0 amide bonds. The van der Waals surface area contributed by atoms with Crippen molar-refractivity contribution >= 4 is 0 Å². The van der Waals surface area contributed by atoms with Crippen molar-refractivity contribution in [3.8, 4) is 0 Å². The van der Waals surface area contributed by atoms with Crippen LogP contribution in [0.5, 0.6) is 0 Å². The van der Waals surface area contributed by atoms with Crippen LogP contribution in [0.15, 0.2) is 0 Å². The van der Waals surface area contributed by atoms with Gasteiger partial charge >= 0.3 is 0 Å². The maximum Gasteiger partial charge on any atom is 0.0757 e. The zero-order valence-electron chi connectivity index (χ0n) is 11.2. The maximum absolute atomic E-state index is 5.92. The first-order valence-corrected chi connectivity index (χ1v) is 7.74. The molecule has 0 aromatic carbocycles. The predicted octanol–water partition coefficient (Wildman–Crippen LogP) is 3.11. The third-order valence-corrected chi connectivity index (χ3v) is 5.03. The highest BCUT2D eigenvalue weighted by Gasteiger charge is 2.41. The minimum Gasteiger partial charge on any atom is -0.376 e. The fraction of sp³-hybridized carbons (Fsp3) is 1.00. The van der Waals surface area contributed by atoms with Crippen LogP contribution < -0.4 is 5.32 Å². The van der Waals surface area contributed by atoms with E-state index in [1.165, 1.54) is 51.4 Å². The molecule has 4 unspecified atom stereocenters. The van der Waals surface area contributed by atoms with Crippen molar-refractivity contribution in [2.24, 2.45) is 11.8 Å². The van der Waals surface area contributed by atoms with Gasteiger partial charge < -0.3 is 10.1 Å². The Bertz CT molecular complexity index is 251. The number of rotatable bonds is 4. The second-order valence-electron chi connectivity index (χ2n) is 6.37. The molecule has 0 bridgehead atoms. The van der Waals surface area contributed by atoms with Crippen LogP contribution in [0.2, 0.25) is 0 Å². The van der Waals surface area contributed by atoms with Crippen molar-refractivity contribution in [2.45, 2.75) is 76.5 Å². The van der Waals surface area contributed by atoms with E-state index in [0.29, 0.717) is 12.1 Å². The highest BCUT2D eigenvalue weighted by Crippen LogP contribution is 2.39. The van der Waals surface area contributed by atoms with Crippen LogP contribution in [0.25, 0.3) is 0 Å². The summed E-state index contributed by atoms with van der Waals surface area (Å²) in [5, 5.41) is 3.93. The van der Waals surface area contributed by atoms with Gasteiger partial charge in [-0.25, -0.2) is 0 Å². The molecule has 0 spiro atoms. The second-order valence-corrected chi connectivity index (χ2v) is 6.37. The molecule has 3 aliphatic rings. The van der Waals surface area contributed by atoms with Gasteiger partial charge in [-0.3, -0.25) is 0 Å². The van der Waals surface area contributed by atoms with Crippen LogP contribution in [0.1, 0.15) is 58.3 Å². The lowest BCUT2D eigenvalue weighted by Crippen LogP contribution is -2.45. The van der Waals surface area contributed by atoms with Gasteiger partial charge in [-0.15, -0.1) is 0 Å². The third kappa shape index (κ3) is 2.85. The highest BCUT2D eigenvalue weighted by molar-refractivity contribution is 4.95. The Morgan fingerprint density at radius 1 is 1.12 bits per heavy atom. The molecule has 0 aromatic rings. The average molecular weight is 237 g/mol. The Hall–Kier alpha value is -0.0800. The summed E-state index contributed by atoms with van der Waals surface area (Å²) in [7, 11) is 0. The molecule has 3 rings (SSSR count). The fourth-order valence-corrected chi connectivity index (χ4v) is 3.79.